The molecule has 2 heterocycles. The third-order valence-corrected chi connectivity index (χ3v) is 5.47. The van der Waals surface area contributed by atoms with Crippen molar-refractivity contribution in [2.45, 2.75) is 25.8 Å². The Balaban J connectivity index is 1.98. The molecule has 0 aromatic carbocycles. The van der Waals surface area contributed by atoms with Gasteiger partial charge in [0.1, 0.15) is 4.34 Å². The lowest BCUT2D eigenvalue weighted by molar-refractivity contribution is -0.127. The maximum absolute atomic E-state index is 12.3. The van der Waals surface area contributed by atoms with Crippen molar-refractivity contribution in [3.8, 4) is 0 Å². The van der Waals surface area contributed by atoms with Crippen LogP contribution in [-0.2, 0) is 4.79 Å². The van der Waals surface area contributed by atoms with Gasteiger partial charge in [-0.1, -0.05) is 11.6 Å². The zero-order chi connectivity index (χ0) is 16.3. The predicted molar refractivity (Wildman–Crippen MR) is 85.4 cm³/mol. The number of hydroxylamine groups is 1. The minimum absolute atomic E-state index is 0.0364. The van der Waals surface area contributed by atoms with Gasteiger partial charge in [-0.15, -0.1) is 11.3 Å². The minimum Gasteiger partial charge on any atom is -0.349 e. The van der Waals surface area contributed by atoms with Gasteiger partial charge >= 0.3 is 0 Å². The van der Waals surface area contributed by atoms with Gasteiger partial charge in [0, 0.05) is 10.8 Å². The van der Waals surface area contributed by atoms with Gasteiger partial charge in [-0.25, -0.2) is 5.48 Å². The third kappa shape index (κ3) is 3.98. The van der Waals surface area contributed by atoms with Crippen molar-refractivity contribution in [3.63, 3.8) is 0 Å². The number of carbonyl (C=O) groups excluding carboxylic acids is 2. The van der Waals surface area contributed by atoms with Crippen molar-refractivity contribution in [2.24, 2.45) is 5.92 Å². The predicted octanol–water partition coefficient (Wildman–Crippen LogP) is 2.04. The first kappa shape index (κ1) is 17.2. The molecule has 0 spiro atoms. The van der Waals surface area contributed by atoms with Crippen LogP contribution in [0.5, 0.6) is 0 Å². The van der Waals surface area contributed by atoms with Crippen LogP contribution < -0.4 is 10.8 Å². The molecule has 1 aliphatic rings. The van der Waals surface area contributed by atoms with Crippen LogP contribution in [0.1, 0.15) is 41.0 Å². The van der Waals surface area contributed by atoms with E-state index in [1.807, 2.05) is 6.92 Å². The Morgan fingerprint density at radius 2 is 2.09 bits per heavy atom. The van der Waals surface area contributed by atoms with Crippen LogP contribution in [0, 0.1) is 5.92 Å². The maximum atomic E-state index is 12.3. The molecule has 2 amide bonds. The van der Waals surface area contributed by atoms with E-state index in [-0.39, 0.29) is 23.4 Å². The molecule has 1 aromatic heterocycles. The lowest BCUT2D eigenvalue weighted by atomic mass is 9.96. The highest BCUT2D eigenvalue weighted by molar-refractivity contribution is 7.16. The Labute approximate surface area is 138 Å². The van der Waals surface area contributed by atoms with Crippen LogP contribution >= 0.6 is 22.9 Å². The van der Waals surface area contributed by atoms with Crippen molar-refractivity contribution < 1.29 is 14.8 Å². The Bertz CT molecular complexity index is 556. The topological polar surface area (TPSA) is 81.7 Å². The van der Waals surface area contributed by atoms with Gasteiger partial charge < -0.3 is 10.2 Å². The fourth-order valence-electron chi connectivity index (χ4n) is 2.49. The second-order valence-corrected chi connectivity index (χ2v) is 7.27. The summed E-state index contributed by atoms with van der Waals surface area (Å²) in [6.07, 6.45) is 1.72. The van der Waals surface area contributed by atoms with Crippen LogP contribution in [0.2, 0.25) is 4.34 Å². The zero-order valence-corrected chi connectivity index (χ0v) is 14.1. The number of piperidine rings is 1. The summed E-state index contributed by atoms with van der Waals surface area (Å²) in [4.78, 5) is 26.7. The summed E-state index contributed by atoms with van der Waals surface area (Å²) in [5, 5.41) is 11.6. The fourth-order valence-corrected chi connectivity index (χ4v) is 3.78. The van der Waals surface area contributed by atoms with Crippen molar-refractivity contribution in [3.05, 3.63) is 20.8 Å². The zero-order valence-electron chi connectivity index (χ0n) is 12.6. The number of nitrogens with one attached hydrogen (secondary N) is 2. The van der Waals surface area contributed by atoms with E-state index in [1.54, 1.807) is 11.5 Å². The smallest absolute Gasteiger partial charge is 0.277 e. The summed E-state index contributed by atoms with van der Waals surface area (Å²) in [6.45, 7) is 3.71. The monoisotopic (exact) mass is 345 g/mol. The molecule has 2 rings (SSSR count). The van der Waals surface area contributed by atoms with E-state index >= 15 is 0 Å². The molecule has 3 N–H and O–H groups in total. The summed E-state index contributed by atoms with van der Waals surface area (Å²) in [7, 11) is 2.05. The number of likely N-dealkylation sites (tertiary alicyclic amines) is 1. The highest BCUT2D eigenvalue weighted by Gasteiger charge is 2.25. The molecule has 1 aromatic rings. The number of amides is 2. The molecule has 6 nitrogen and oxygen atoms in total. The van der Waals surface area contributed by atoms with Crippen molar-refractivity contribution >= 4 is 34.8 Å². The largest absolute Gasteiger partial charge is 0.349 e. The normalized spacial score (nSPS) is 18.0. The first-order chi connectivity index (χ1) is 10.4. The second-order valence-electron chi connectivity index (χ2n) is 5.58. The number of nitrogens with zero attached hydrogens (tertiary/aromatic N) is 1. The molecule has 0 bridgehead atoms. The second kappa shape index (κ2) is 7.41. The van der Waals surface area contributed by atoms with Crippen LogP contribution in [-0.4, -0.2) is 42.1 Å². The van der Waals surface area contributed by atoms with Gasteiger partial charge in [-0.05, 0) is 46.0 Å². The van der Waals surface area contributed by atoms with E-state index in [2.05, 4.69) is 17.3 Å². The molecule has 1 fully saturated rings. The summed E-state index contributed by atoms with van der Waals surface area (Å²) in [5.74, 6) is -0.575. The summed E-state index contributed by atoms with van der Waals surface area (Å²) < 4.78 is 0.293. The number of thiophene rings is 1. The van der Waals surface area contributed by atoms with Gasteiger partial charge in [0.2, 0.25) is 5.91 Å². The van der Waals surface area contributed by atoms with Gasteiger partial charge in [0.05, 0.1) is 11.6 Å². The summed E-state index contributed by atoms with van der Waals surface area (Å²) >= 11 is 7.22. The lowest BCUT2D eigenvalue weighted by Crippen LogP contribution is -2.39. The van der Waals surface area contributed by atoms with Crippen LogP contribution in [0.25, 0.3) is 0 Å². The maximum Gasteiger partial charge on any atom is 0.277 e. The van der Waals surface area contributed by atoms with Gasteiger partial charge in [0.25, 0.3) is 5.91 Å². The first-order valence-electron chi connectivity index (χ1n) is 7.15. The number of carbonyl (C=O) groups is 2. The van der Waals surface area contributed by atoms with Gasteiger partial charge in [-0.3, -0.25) is 14.8 Å². The molecule has 122 valence electrons. The molecular weight excluding hydrogens is 326 g/mol. The molecule has 22 heavy (non-hydrogen) atoms. The van der Waals surface area contributed by atoms with Gasteiger partial charge in [0.15, 0.2) is 0 Å². The van der Waals surface area contributed by atoms with Crippen LogP contribution in [0.3, 0.4) is 0 Å². The molecule has 1 aliphatic heterocycles. The molecule has 1 saturated heterocycles. The summed E-state index contributed by atoms with van der Waals surface area (Å²) in [6, 6.07) is 1.37. The van der Waals surface area contributed by atoms with Crippen molar-refractivity contribution in [2.75, 3.05) is 20.1 Å². The number of hydrogen-bond donors (Lipinski definition) is 3. The lowest BCUT2D eigenvalue weighted by Gasteiger charge is -2.28. The van der Waals surface area contributed by atoms with Crippen LogP contribution in [0.15, 0.2) is 6.07 Å². The Kier molecular flexibility index (Phi) is 5.80. The van der Waals surface area contributed by atoms with E-state index < -0.39 is 5.91 Å². The highest BCUT2D eigenvalue weighted by Crippen LogP contribution is 2.32. The Morgan fingerprint density at radius 3 is 2.68 bits per heavy atom. The number of halogens is 1. The average molecular weight is 346 g/mol. The fraction of sp³-hybridized carbons (Fsp3) is 0.571. The standard InChI is InChI=1S/C14H20ClN3O3S/c1-8(11-7-10(12(15)22-11)14(20)17-21)16-13(19)9-3-5-18(2)6-4-9/h7-9,21H,3-6H2,1-2H3,(H,16,19)(H,17,20)/t8-/m0/s1. The molecule has 0 unspecified atom stereocenters. The third-order valence-electron chi connectivity index (χ3n) is 3.93. The van der Waals surface area contributed by atoms with E-state index in [4.69, 9.17) is 16.8 Å². The molecule has 0 aliphatic carbocycles. The Hall–Kier alpha value is -1.15. The van der Waals surface area contributed by atoms with E-state index in [1.165, 1.54) is 11.3 Å². The minimum atomic E-state index is -0.652. The Morgan fingerprint density at radius 1 is 1.45 bits per heavy atom. The number of rotatable bonds is 4. The first-order valence-corrected chi connectivity index (χ1v) is 8.34. The SMILES string of the molecule is C[C@H](NC(=O)C1CCN(C)CC1)c1cc(C(=O)NO)c(Cl)s1. The van der Waals surface area contributed by atoms with E-state index in [0.717, 1.165) is 30.8 Å². The molecule has 1 atom stereocenters. The quantitative estimate of drug-likeness (QED) is 0.576. The van der Waals surface area contributed by atoms with E-state index in [0.29, 0.717) is 4.34 Å². The van der Waals surface area contributed by atoms with Crippen molar-refractivity contribution in [1.82, 2.24) is 15.7 Å². The average Bonchev–Trinajstić information content (AvgIpc) is 2.89. The number of hydrogen-bond acceptors (Lipinski definition) is 5. The molecular formula is C14H20ClN3O3S. The van der Waals surface area contributed by atoms with E-state index in [9.17, 15) is 9.59 Å². The molecule has 8 heteroatoms. The molecule has 0 radical (unpaired) electrons. The van der Waals surface area contributed by atoms with Crippen molar-refractivity contribution in [1.29, 1.82) is 0 Å². The van der Waals surface area contributed by atoms with Crippen LogP contribution in [0.4, 0.5) is 0 Å². The highest BCUT2D eigenvalue weighted by atomic mass is 35.5. The summed E-state index contributed by atoms with van der Waals surface area (Å²) in [5.41, 5.74) is 1.77. The molecule has 0 saturated carbocycles. The van der Waals surface area contributed by atoms with Gasteiger partial charge in [-0.2, -0.15) is 0 Å².